The van der Waals surface area contributed by atoms with E-state index >= 15 is 0 Å². The number of hydrogen-bond acceptors (Lipinski definition) is 9. The highest BCUT2D eigenvalue weighted by atomic mass is 35.5. The highest BCUT2D eigenvalue weighted by Crippen LogP contribution is 2.33. The molecule has 2 aromatic carbocycles. The number of carbonyl (C=O) groups excluding carboxylic acids is 2. The van der Waals surface area contributed by atoms with Gasteiger partial charge in [-0.2, -0.15) is 0 Å². The molecule has 0 radical (unpaired) electrons. The zero-order chi connectivity index (χ0) is 26.4. The third-order valence-electron chi connectivity index (χ3n) is 5.49. The van der Waals surface area contributed by atoms with E-state index in [1.54, 1.807) is 25.3 Å². The van der Waals surface area contributed by atoms with E-state index in [1.807, 2.05) is 4.90 Å². The number of rotatable bonds is 9. The summed E-state index contributed by atoms with van der Waals surface area (Å²) in [5, 5.41) is 6.47. The molecule has 0 unspecified atom stereocenters. The van der Waals surface area contributed by atoms with Gasteiger partial charge in [-0.05, 0) is 24.3 Å². The van der Waals surface area contributed by atoms with Gasteiger partial charge < -0.3 is 24.8 Å². The number of nitrogens with one attached hydrogen (secondary N) is 2. The Morgan fingerprint density at radius 2 is 2.14 bits per heavy atom. The molecule has 37 heavy (non-hydrogen) atoms. The number of carbonyl (C=O) groups is 2. The fourth-order valence-corrected chi connectivity index (χ4v) is 4.03. The molecule has 1 saturated heterocycles. The molecule has 1 aliphatic rings. The van der Waals surface area contributed by atoms with Gasteiger partial charge in [-0.25, -0.2) is 14.4 Å². The summed E-state index contributed by atoms with van der Waals surface area (Å²) in [7, 11) is 3.03. The number of ether oxygens (including phenoxy) is 3. The normalized spacial score (nSPS) is 16.1. The molecule has 12 heteroatoms. The first-order chi connectivity index (χ1) is 17.9. The summed E-state index contributed by atoms with van der Waals surface area (Å²) < 4.78 is 29.3. The SMILES string of the molecule is COC[C@@H]1CN(C/C=C/C(=O)Nc2cc3c(Nc4ccc(F)c(Cl)c4)ncnc3cc2OC)CC(=O)O1. The molecule has 4 rings (SSSR count). The third-order valence-corrected chi connectivity index (χ3v) is 5.78. The number of esters is 1. The Hall–Kier alpha value is -3.80. The van der Waals surface area contributed by atoms with Gasteiger partial charge in [0.2, 0.25) is 5.91 Å². The Morgan fingerprint density at radius 1 is 1.30 bits per heavy atom. The van der Waals surface area contributed by atoms with Gasteiger partial charge in [-0.15, -0.1) is 0 Å². The topological polar surface area (TPSA) is 115 Å². The Balaban J connectivity index is 1.49. The minimum absolute atomic E-state index is 0.0274. The number of methoxy groups -OCH3 is 2. The number of morpholine rings is 1. The van der Waals surface area contributed by atoms with Crippen LogP contribution >= 0.6 is 11.6 Å². The van der Waals surface area contributed by atoms with Crippen molar-refractivity contribution in [3.05, 3.63) is 59.7 Å². The number of aromatic nitrogens is 2. The van der Waals surface area contributed by atoms with Crippen LogP contribution in [0.1, 0.15) is 0 Å². The van der Waals surface area contributed by atoms with E-state index < -0.39 is 5.82 Å². The van der Waals surface area contributed by atoms with E-state index in [4.69, 9.17) is 25.8 Å². The first-order valence-electron chi connectivity index (χ1n) is 11.3. The van der Waals surface area contributed by atoms with E-state index in [2.05, 4.69) is 20.6 Å². The molecule has 2 N–H and O–H groups in total. The molecule has 1 fully saturated rings. The largest absolute Gasteiger partial charge is 0.494 e. The second kappa shape index (κ2) is 12.0. The van der Waals surface area contributed by atoms with E-state index in [-0.39, 0.29) is 29.5 Å². The summed E-state index contributed by atoms with van der Waals surface area (Å²) in [4.78, 5) is 34.8. The zero-order valence-electron chi connectivity index (χ0n) is 20.2. The lowest BCUT2D eigenvalue weighted by Gasteiger charge is -2.30. The van der Waals surface area contributed by atoms with Crippen LogP contribution in [0, 0.1) is 5.82 Å². The maximum atomic E-state index is 13.5. The van der Waals surface area contributed by atoms with Gasteiger partial charge in [-0.1, -0.05) is 17.7 Å². The van der Waals surface area contributed by atoms with Crippen LogP contribution in [0.4, 0.5) is 21.6 Å². The number of nitrogens with zero attached hydrogens (tertiary/aromatic N) is 3. The lowest BCUT2D eigenvalue weighted by atomic mass is 10.1. The average Bonchev–Trinajstić information content (AvgIpc) is 2.86. The van der Waals surface area contributed by atoms with E-state index in [0.29, 0.717) is 53.5 Å². The van der Waals surface area contributed by atoms with Crippen molar-refractivity contribution in [2.24, 2.45) is 0 Å². The van der Waals surface area contributed by atoms with Crippen LogP contribution in [0.25, 0.3) is 10.9 Å². The molecule has 0 aliphatic carbocycles. The molecule has 0 spiro atoms. The van der Waals surface area contributed by atoms with Crippen molar-refractivity contribution in [1.29, 1.82) is 0 Å². The predicted octanol–water partition coefficient (Wildman–Crippen LogP) is 3.54. The summed E-state index contributed by atoms with van der Waals surface area (Å²) in [6, 6.07) is 7.59. The molecular formula is C25H25ClFN5O5. The molecule has 1 atom stereocenters. The lowest BCUT2D eigenvalue weighted by molar-refractivity contribution is -0.161. The highest BCUT2D eigenvalue weighted by Gasteiger charge is 2.25. The summed E-state index contributed by atoms with van der Waals surface area (Å²) in [5.74, 6) is -0.407. The molecule has 1 aliphatic heterocycles. The number of cyclic esters (lactones) is 1. The van der Waals surface area contributed by atoms with E-state index in [1.165, 1.54) is 37.7 Å². The van der Waals surface area contributed by atoms with Gasteiger partial charge in [0, 0.05) is 43.4 Å². The van der Waals surface area contributed by atoms with Gasteiger partial charge >= 0.3 is 5.97 Å². The van der Waals surface area contributed by atoms with Gasteiger partial charge in [0.05, 0.1) is 36.5 Å². The first kappa shape index (κ1) is 26.3. The molecule has 194 valence electrons. The molecular weight excluding hydrogens is 505 g/mol. The number of benzene rings is 2. The summed E-state index contributed by atoms with van der Waals surface area (Å²) >= 11 is 5.89. The van der Waals surface area contributed by atoms with Crippen molar-refractivity contribution in [3.63, 3.8) is 0 Å². The first-order valence-corrected chi connectivity index (χ1v) is 11.7. The number of halogens is 2. The quantitative estimate of drug-likeness (QED) is 0.317. The number of hydrogen-bond donors (Lipinski definition) is 2. The Labute approximate surface area is 217 Å². The molecule has 2 heterocycles. The van der Waals surface area contributed by atoms with Crippen LogP contribution in [0.3, 0.4) is 0 Å². The van der Waals surface area contributed by atoms with Crippen LogP contribution in [0.2, 0.25) is 5.02 Å². The number of anilines is 3. The Bertz CT molecular complexity index is 1340. The summed E-state index contributed by atoms with van der Waals surface area (Å²) in [6.07, 6.45) is 4.09. The van der Waals surface area contributed by atoms with Crippen molar-refractivity contribution in [3.8, 4) is 5.75 Å². The predicted molar refractivity (Wildman–Crippen MR) is 137 cm³/mol. The average molecular weight is 530 g/mol. The fourth-order valence-electron chi connectivity index (χ4n) is 3.85. The zero-order valence-corrected chi connectivity index (χ0v) is 20.9. The van der Waals surface area contributed by atoms with Crippen LogP contribution in [0.5, 0.6) is 5.75 Å². The van der Waals surface area contributed by atoms with Crippen LogP contribution in [-0.2, 0) is 19.1 Å². The smallest absolute Gasteiger partial charge is 0.320 e. The number of fused-ring (bicyclic) bond motifs is 1. The van der Waals surface area contributed by atoms with Crippen molar-refractivity contribution in [2.75, 3.05) is 51.1 Å². The fraction of sp³-hybridized carbons (Fsp3) is 0.280. The van der Waals surface area contributed by atoms with Crippen LogP contribution < -0.4 is 15.4 Å². The number of amides is 1. The summed E-state index contributed by atoms with van der Waals surface area (Å²) in [5.41, 5.74) is 1.50. The molecule has 1 aromatic heterocycles. The van der Waals surface area contributed by atoms with Crippen molar-refractivity contribution < 1.29 is 28.2 Å². The van der Waals surface area contributed by atoms with Gasteiger partial charge in [0.25, 0.3) is 0 Å². The molecule has 10 nitrogen and oxygen atoms in total. The van der Waals surface area contributed by atoms with E-state index in [9.17, 15) is 14.0 Å². The second-order valence-electron chi connectivity index (χ2n) is 8.20. The van der Waals surface area contributed by atoms with Gasteiger partial charge in [0.1, 0.15) is 29.8 Å². The maximum Gasteiger partial charge on any atom is 0.320 e. The maximum absolute atomic E-state index is 13.5. The van der Waals surface area contributed by atoms with Crippen molar-refractivity contribution >= 4 is 51.6 Å². The van der Waals surface area contributed by atoms with Gasteiger partial charge in [-0.3, -0.25) is 14.5 Å². The minimum Gasteiger partial charge on any atom is -0.494 e. The second-order valence-corrected chi connectivity index (χ2v) is 8.61. The molecule has 3 aromatic rings. The molecule has 1 amide bonds. The van der Waals surface area contributed by atoms with Crippen LogP contribution in [-0.4, -0.2) is 73.3 Å². The lowest BCUT2D eigenvalue weighted by Crippen LogP contribution is -2.47. The Kier molecular flexibility index (Phi) is 8.49. The standard InChI is InChI=1S/C25H25ClFN5O5/c1-35-13-16-11-32(12-24(34)37-16)7-3-4-23(33)31-21-9-17-20(10-22(21)36-2)28-14-29-25(17)30-15-5-6-19(27)18(26)8-15/h3-6,8-10,14,16H,7,11-13H2,1-2H3,(H,31,33)(H,28,29,30)/b4-3+/t16-/m0/s1. The monoisotopic (exact) mass is 529 g/mol. The molecule has 0 bridgehead atoms. The highest BCUT2D eigenvalue weighted by molar-refractivity contribution is 6.31. The third kappa shape index (κ3) is 6.70. The van der Waals surface area contributed by atoms with E-state index in [0.717, 1.165) is 0 Å². The Morgan fingerprint density at radius 3 is 2.89 bits per heavy atom. The van der Waals surface area contributed by atoms with Crippen LogP contribution in [0.15, 0.2) is 48.8 Å². The molecule has 0 saturated carbocycles. The van der Waals surface area contributed by atoms with Gasteiger partial charge in [0.15, 0.2) is 0 Å². The van der Waals surface area contributed by atoms with Crippen molar-refractivity contribution in [1.82, 2.24) is 14.9 Å². The van der Waals surface area contributed by atoms with Crippen molar-refractivity contribution in [2.45, 2.75) is 6.10 Å². The summed E-state index contributed by atoms with van der Waals surface area (Å²) in [6.45, 7) is 1.35. The minimum atomic E-state index is -0.530.